The number of halogens is 2. The number of benzene rings is 2. The Kier molecular flexibility index (Phi) is 5.00. The van der Waals surface area contributed by atoms with E-state index in [4.69, 9.17) is 23.2 Å². The van der Waals surface area contributed by atoms with Crippen LogP contribution in [0, 0.1) is 0 Å². The molecule has 3 rings (SSSR count). The molecule has 10 heteroatoms. The Labute approximate surface area is 156 Å². The summed E-state index contributed by atoms with van der Waals surface area (Å²) in [6.45, 7) is 0. The molecule has 0 heterocycles. The Hall–Kier alpha value is -1.32. The van der Waals surface area contributed by atoms with Gasteiger partial charge in [-0.2, -0.15) is 0 Å². The van der Waals surface area contributed by atoms with Gasteiger partial charge >= 0.3 is 0 Å². The second kappa shape index (κ2) is 6.77. The normalized spacial score (nSPS) is 15.1. The zero-order valence-corrected chi connectivity index (χ0v) is 15.9. The fourth-order valence-electron chi connectivity index (χ4n) is 2.12. The molecule has 1 aliphatic rings. The van der Waals surface area contributed by atoms with Crippen molar-refractivity contribution >= 4 is 48.9 Å². The highest BCUT2D eigenvalue weighted by atomic mass is 35.5. The van der Waals surface area contributed by atoms with E-state index in [2.05, 4.69) is 9.44 Å². The summed E-state index contributed by atoms with van der Waals surface area (Å²) in [6, 6.07) is 9.76. The minimum Gasteiger partial charge on any atom is -0.280 e. The summed E-state index contributed by atoms with van der Waals surface area (Å²) >= 11 is 11.8. The summed E-state index contributed by atoms with van der Waals surface area (Å²) in [6.07, 6.45) is 1.61. The van der Waals surface area contributed by atoms with Gasteiger partial charge in [0.2, 0.25) is 10.0 Å². The van der Waals surface area contributed by atoms with E-state index in [0.717, 1.165) is 12.8 Å². The summed E-state index contributed by atoms with van der Waals surface area (Å²) in [5.74, 6) is 0. The van der Waals surface area contributed by atoms with E-state index in [1.165, 1.54) is 42.5 Å². The second-order valence-electron chi connectivity index (χ2n) is 5.58. The first kappa shape index (κ1) is 18.5. The molecule has 1 saturated carbocycles. The summed E-state index contributed by atoms with van der Waals surface area (Å²) in [4.78, 5) is -0.206. The van der Waals surface area contributed by atoms with Gasteiger partial charge in [-0.3, -0.25) is 4.72 Å². The van der Waals surface area contributed by atoms with Crippen molar-refractivity contribution in [2.24, 2.45) is 0 Å². The lowest BCUT2D eigenvalue weighted by molar-refractivity contribution is 0.581. The van der Waals surface area contributed by atoms with E-state index in [1.807, 2.05) is 0 Å². The van der Waals surface area contributed by atoms with Crippen molar-refractivity contribution in [3.63, 3.8) is 0 Å². The zero-order valence-electron chi connectivity index (χ0n) is 12.7. The number of hydrogen-bond acceptors (Lipinski definition) is 4. The fraction of sp³-hybridized carbons (Fsp3) is 0.200. The summed E-state index contributed by atoms with van der Waals surface area (Å²) in [5, 5.41) is 0.00495. The van der Waals surface area contributed by atoms with Crippen molar-refractivity contribution in [1.82, 2.24) is 4.72 Å². The van der Waals surface area contributed by atoms with Crippen molar-refractivity contribution in [2.45, 2.75) is 28.7 Å². The standard InChI is InChI=1S/C15H14Cl2N2O4S2/c16-13-5-2-6-14(15(13)17)25(22,23)19-11-3-1-4-12(9-11)24(20,21)18-10-7-8-10/h1-6,9-10,18-19H,7-8H2. The smallest absolute Gasteiger partial charge is 0.263 e. The van der Waals surface area contributed by atoms with Gasteiger partial charge in [-0.25, -0.2) is 21.6 Å². The highest BCUT2D eigenvalue weighted by Crippen LogP contribution is 2.30. The van der Waals surface area contributed by atoms with Crippen LogP contribution in [0.2, 0.25) is 10.0 Å². The van der Waals surface area contributed by atoms with Gasteiger partial charge in [-0.15, -0.1) is 0 Å². The molecule has 0 radical (unpaired) electrons. The van der Waals surface area contributed by atoms with Crippen LogP contribution in [-0.4, -0.2) is 22.9 Å². The maximum atomic E-state index is 12.5. The van der Waals surface area contributed by atoms with Gasteiger partial charge < -0.3 is 0 Å². The van der Waals surface area contributed by atoms with Crippen LogP contribution in [0.5, 0.6) is 0 Å². The first-order chi connectivity index (χ1) is 11.7. The third-order valence-corrected chi connectivity index (χ3v) is 7.37. The third-order valence-electron chi connectivity index (χ3n) is 3.50. The Morgan fingerprint density at radius 3 is 2.28 bits per heavy atom. The zero-order chi connectivity index (χ0) is 18.2. The van der Waals surface area contributed by atoms with Crippen molar-refractivity contribution in [3.05, 3.63) is 52.5 Å². The molecule has 134 valence electrons. The predicted octanol–water partition coefficient (Wildman–Crippen LogP) is 3.23. The molecule has 0 unspecified atom stereocenters. The number of nitrogens with one attached hydrogen (secondary N) is 2. The van der Waals surface area contributed by atoms with Gasteiger partial charge in [0.25, 0.3) is 10.0 Å². The molecule has 1 fully saturated rings. The van der Waals surface area contributed by atoms with E-state index >= 15 is 0 Å². The van der Waals surface area contributed by atoms with E-state index in [0.29, 0.717) is 0 Å². The van der Waals surface area contributed by atoms with E-state index in [1.54, 1.807) is 0 Å². The van der Waals surface area contributed by atoms with Crippen LogP contribution in [0.3, 0.4) is 0 Å². The highest BCUT2D eigenvalue weighted by molar-refractivity contribution is 7.93. The molecule has 6 nitrogen and oxygen atoms in total. The second-order valence-corrected chi connectivity index (χ2v) is 9.73. The minimum atomic E-state index is -4.02. The lowest BCUT2D eigenvalue weighted by Crippen LogP contribution is -2.25. The maximum absolute atomic E-state index is 12.5. The van der Waals surface area contributed by atoms with E-state index in [9.17, 15) is 16.8 Å². The summed E-state index contributed by atoms with van der Waals surface area (Å²) in [7, 11) is -7.71. The first-order valence-corrected chi connectivity index (χ1v) is 11.0. The third kappa shape index (κ3) is 4.27. The van der Waals surface area contributed by atoms with Gasteiger partial charge in [0.15, 0.2) is 0 Å². The lowest BCUT2D eigenvalue weighted by Gasteiger charge is -2.12. The van der Waals surface area contributed by atoms with Crippen molar-refractivity contribution in [1.29, 1.82) is 0 Å². The SMILES string of the molecule is O=S(=O)(NC1CC1)c1cccc(NS(=O)(=O)c2cccc(Cl)c2Cl)c1. The number of rotatable bonds is 6. The monoisotopic (exact) mass is 420 g/mol. The Balaban J connectivity index is 1.90. The van der Waals surface area contributed by atoms with Crippen LogP contribution in [-0.2, 0) is 20.0 Å². The average molecular weight is 421 g/mol. The molecule has 25 heavy (non-hydrogen) atoms. The highest BCUT2D eigenvalue weighted by Gasteiger charge is 2.28. The number of anilines is 1. The number of hydrogen-bond donors (Lipinski definition) is 2. The predicted molar refractivity (Wildman–Crippen MR) is 97.1 cm³/mol. The molecule has 2 aromatic carbocycles. The van der Waals surface area contributed by atoms with Gasteiger partial charge in [-0.05, 0) is 43.2 Å². The molecule has 2 aromatic rings. The Bertz CT molecular complexity index is 1020. The Morgan fingerprint density at radius 1 is 0.920 bits per heavy atom. The van der Waals surface area contributed by atoms with Crippen LogP contribution in [0.15, 0.2) is 52.3 Å². The molecule has 0 aromatic heterocycles. The van der Waals surface area contributed by atoms with Crippen molar-refractivity contribution in [2.75, 3.05) is 4.72 Å². The molecule has 0 saturated heterocycles. The van der Waals surface area contributed by atoms with Crippen molar-refractivity contribution in [3.8, 4) is 0 Å². The molecule has 0 amide bonds. The molecular formula is C15H14Cl2N2O4S2. The summed E-state index contributed by atoms with van der Waals surface area (Å²) < 4.78 is 54.4. The Morgan fingerprint density at radius 2 is 1.60 bits per heavy atom. The number of sulfonamides is 2. The molecule has 1 aliphatic carbocycles. The van der Waals surface area contributed by atoms with Crippen molar-refractivity contribution < 1.29 is 16.8 Å². The maximum Gasteiger partial charge on any atom is 0.263 e. The lowest BCUT2D eigenvalue weighted by atomic mass is 10.3. The van der Waals surface area contributed by atoms with Crippen LogP contribution < -0.4 is 9.44 Å². The van der Waals surface area contributed by atoms with Gasteiger partial charge in [0.05, 0.1) is 20.6 Å². The van der Waals surface area contributed by atoms with E-state index < -0.39 is 20.0 Å². The minimum absolute atomic E-state index is 0.0169. The van der Waals surface area contributed by atoms with Crippen LogP contribution in [0.4, 0.5) is 5.69 Å². The van der Waals surface area contributed by atoms with Crippen LogP contribution in [0.1, 0.15) is 12.8 Å². The fourth-order valence-corrected chi connectivity index (χ4v) is 5.28. The van der Waals surface area contributed by atoms with Crippen LogP contribution >= 0.6 is 23.2 Å². The molecule has 0 aliphatic heterocycles. The molecule has 0 bridgehead atoms. The quantitative estimate of drug-likeness (QED) is 0.749. The van der Waals surface area contributed by atoms with Gasteiger partial charge in [0, 0.05) is 6.04 Å². The first-order valence-electron chi connectivity index (χ1n) is 7.28. The van der Waals surface area contributed by atoms with Gasteiger partial charge in [0.1, 0.15) is 4.90 Å². The topological polar surface area (TPSA) is 92.3 Å². The van der Waals surface area contributed by atoms with Gasteiger partial charge in [-0.1, -0.05) is 35.3 Å². The average Bonchev–Trinajstić information content (AvgIpc) is 3.33. The molecule has 0 atom stereocenters. The summed E-state index contributed by atoms with van der Waals surface area (Å²) in [5.41, 5.74) is 0.106. The largest absolute Gasteiger partial charge is 0.280 e. The van der Waals surface area contributed by atoms with E-state index in [-0.39, 0.29) is 31.6 Å². The molecule has 0 spiro atoms. The van der Waals surface area contributed by atoms with Crippen LogP contribution in [0.25, 0.3) is 0 Å². The molecular weight excluding hydrogens is 407 g/mol. The molecule has 2 N–H and O–H groups in total.